The molecule has 9 aromatic carbocycles. The molecule has 272 valence electrons. The van der Waals surface area contributed by atoms with Crippen molar-refractivity contribution < 1.29 is 0 Å². The molecule has 0 bridgehead atoms. The van der Waals surface area contributed by atoms with E-state index in [1.807, 2.05) is 11.8 Å². The molecule has 1 spiro atoms. The molecule has 0 amide bonds. The maximum absolute atomic E-state index is 5.62. The first-order chi connectivity index (χ1) is 28.8. The Balaban J connectivity index is 1.12. The van der Waals surface area contributed by atoms with Gasteiger partial charge in [-0.1, -0.05) is 212 Å². The highest BCUT2D eigenvalue weighted by Gasteiger charge is 2.52. The second kappa shape index (κ2) is 13.1. The Bertz CT molecular complexity index is 3080. The third kappa shape index (κ3) is 4.90. The Morgan fingerprint density at radius 2 is 0.983 bits per heavy atom. The molecule has 3 heteroatoms. The quantitative estimate of drug-likeness (QED) is 0.193. The van der Waals surface area contributed by atoms with E-state index in [1.54, 1.807) is 0 Å². The molecule has 0 aromatic heterocycles. The fourth-order valence-corrected chi connectivity index (χ4v) is 11.3. The summed E-state index contributed by atoms with van der Waals surface area (Å²) in [5, 5.41) is 9.09. The number of fused-ring (bicyclic) bond motifs is 13. The highest BCUT2D eigenvalue weighted by molar-refractivity contribution is 8.00. The predicted molar refractivity (Wildman–Crippen MR) is 242 cm³/mol. The minimum atomic E-state index is -0.588. The fourth-order valence-electron chi connectivity index (χ4n) is 9.81. The van der Waals surface area contributed by atoms with Crippen LogP contribution in [0.1, 0.15) is 45.1 Å². The molecule has 1 atom stereocenters. The van der Waals surface area contributed by atoms with Crippen molar-refractivity contribution in [2.45, 2.75) is 21.4 Å². The SMILES string of the molecule is C1=C(c2ccc(-c3ccccc3)cc2)NC(c2cccc3c2C2(c4ccccc4-3)c3ccc4ccccc4c3Sc3c2ccc2ccccc32)N=C1c1ccccc1. The highest BCUT2D eigenvalue weighted by Crippen LogP contribution is 2.65. The summed E-state index contributed by atoms with van der Waals surface area (Å²) in [4.78, 5) is 8.26. The van der Waals surface area contributed by atoms with Crippen molar-refractivity contribution in [2.24, 2.45) is 4.99 Å². The minimum absolute atomic E-state index is 0.354. The van der Waals surface area contributed by atoms with Crippen molar-refractivity contribution >= 4 is 44.7 Å². The van der Waals surface area contributed by atoms with Crippen LogP contribution < -0.4 is 5.32 Å². The molecule has 1 aliphatic carbocycles. The molecule has 12 rings (SSSR count). The summed E-state index contributed by atoms with van der Waals surface area (Å²) in [5.41, 5.74) is 15.1. The maximum atomic E-state index is 5.62. The zero-order valence-corrected chi connectivity index (χ0v) is 32.4. The van der Waals surface area contributed by atoms with Crippen molar-refractivity contribution in [3.63, 3.8) is 0 Å². The molecule has 0 fully saturated rings. The van der Waals surface area contributed by atoms with Gasteiger partial charge in [-0.3, -0.25) is 4.99 Å². The topological polar surface area (TPSA) is 24.4 Å². The number of hydrogen-bond acceptors (Lipinski definition) is 3. The van der Waals surface area contributed by atoms with Crippen LogP contribution >= 0.6 is 11.8 Å². The molecule has 2 heterocycles. The van der Waals surface area contributed by atoms with Crippen molar-refractivity contribution in [3.8, 4) is 22.3 Å². The Morgan fingerprint density at radius 1 is 0.431 bits per heavy atom. The van der Waals surface area contributed by atoms with Gasteiger partial charge in [-0.2, -0.15) is 0 Å². The van der Waals surface area contributed by atoms with E-state index in [1.165, 1.54) is 81.4 Å². The van der Waals surface area contributed by atoms with Gasteiger partial charge < -0.3 is 5.32 Å². The Hall–Kier alpha value is -6.94. The van der Waals surface area contributed by atoms with Crippen LogP contribution in [0.4, 0.5) is 0 Å². The van der Waals surface area contributed by atoms with Gasteiger partial charge in [0, 0.05) is 21.1 Å². The van der Waals surface area contributed by atoms with Crippen LogP contribution in [0.3, 0.4) is 0 Å². The lowest BCUT2D eigenvalue weighted by Gasteiger charge is -2.42. The molecule has 2 nitrogen and oxygen atoms in total. The lowest BCUT2D eigenvalue weighted by Crippen LogP contribution is -2.35. The van der Waals surface area contributed by atoms with Crippen LogP contribution in [0.25, 0.3) is 49.5 Å². The molecule has 2 aliphatic heterocycles. The zero-order valence-electron chi connectivity index (χ0n) is 31.6. The van der Waals surface area contributed by atoms with Gasteiger partial charge in [0.05, 0.1) is 11.1 Å². The molecular formula is C55H36N2S. The molecular weight excluding hydrogens is 721 g/mol. The van der Waals surface area contributed by atoms with Gasteiger partial charge in [0.25, 0.3) is 0 Å². The Kier molecular flexibility index (Phi) is 7.48. The first-order valence-electron chi connectivity index (χ1n) is 20.0. The lowest BCUT2D eigenvalue weighted by molar-refractivity contribution is 0.633. The van der Waals surface area contributed by atoms with Crippen LogP contribution in [0.15, 0.2) is 221 Å². The third-order valence-electron chi connectivity index (χ3n) is 12.4. The van der Waals surface area contributed by atoms with Gasteiger partial charge in [0.2, 0.25) is 0 Å². The lowest BCUT2D eigenvalue weighted by atomic mass is 9.65. The molecule has 58 heavy (non-hydrogen) atoms. The normalized spacial score (nSPS) is 15.8. The van der Waals surface area contributed by atoms with Crippen LogP contribution in [-0.4, -0.2) is 5.71 Å². The van der Waals surface area contributed by atoms with Crippen molar-refractivity contribution in [2.75, 3.05) is 0 Å². The van der Waals surface area contributed by atoms with E-state index in [0.29, 0.717) is 0 Å². The number of rotatable bonds is 4. The van der Waals surface area contributed by atoms with Gasteiger partial charge in [-0.15, -0.1) is 0 Å². The average Bonchev–Trinajstić information content (AvgIpc) is 3.60. The summed E-state index contributed by atoms with van der Waals surface area (Å²) >= 11 is 1.94. The Morgan fingerprint density at radius 3 is 1.67 bits per heavy atom. The van der Waals surface area contributed by atoms with Crippen LogP contribution in [0, 0.1) is 0 Å². The summed E-state index contributed by atoms with van der Waals surface area (Å²) in [6.45, 7) is 0. The third-order valence-corrected chi connectivity index (χ3v) is 13.7. The second-order valence-electron chi connectivity index (χ2n) is 15.4. The molecule has 0 saturated carbocycles. The van der Waals surface area contributed by atoms with E-state index in [4.69, 9.17) is 4.99 Å². The van der Waals surface area contributed by atoms with E-state index in [-0.39, 0.29) is 6.17 Å². The fraction of sp³-hybridized carbons (Fsp3) is 0.0364. The highest BCUT2D eigenvalue weighted by atomic mass is 32.2. The van der Waals surface area contributed by atoms with E-state index in [2.05, 4.69) is 212 Å². The second-order valence-corrected chi connectivity index (χ2v) is 16.4. The first-order valence-corrected chi connectivity index (χ1v) is 20.8. The predicted octanol–water partition coefficient (Wildman–Crippen LogP) is 13.6. The molecule has 0 radical (unpaired) electrons. The smallest absolute Gasteiger partial charge is 0.145 e. The zero-order chi connectivity index (χ0) is 38.2. The van der Waals surface area contributed by atoms with Crippen LogP contribution in [0.2, 0.25) is 0 Å². The molecule has 0 saturated heterocycles. The van der Waals surface area contributed by atoms with Crippen molar-refractivity contribution in [1.29, 1.82) is 0 Å². The van der Waals surface area contributed by atoms with Gasteiger partial charge in [-0.05, 0) is 83.3 Å². The van der Waals surface area contributed by atoms with Crippen LogP contribution in [-0.2, 0) is 5.41 Å². The van der Waals surface area contributed by atoms with Crippen molar-refractivity contribution in [3.05, 3.63) is 245 Å². The van der Waals surface area contributed by atoms with Gasteiger partial charge >= 0.3 is 0 Å². The summed E-state index contributed by atoms with van der Waals surface area (Å²) in [5.74, 6) is 0. The first kappa shape index (κ1) is 33.2. The maximum Gasteiger partial charge on any atom is 0.145 e. The van der Waals surface area contributed by atoms with Crippen LogP contribution in [0.5, 0.6) is 0 Å². The summed E-state index contributed by atoms with van der Waals surface area (Å²) in [7, 11) is 0. The summed E-state index contributed by atoms with van der Waals surface area (Å²) in [6, 6.07) is 73.4. The van der Waals surface area contributed by atoms with E-state index < -0.39 is 5.41 Å². The molecule has 9 aromatic rings. The number of nitrogens with zero attached hydrogens (tertiary/aromatic N) is 1. The van der Waals surface area contributed by atoms with Gasteiger partial charge in [0.1, 0.15) is 6.17 Å². The van der Waals surface area contributed by atoms with E-state index in [9.17, 15) is 0 Å². The largest absolute Gasteiger partial charge is 0.359 e. The molecule has 3 aliphatic rings. The number of aliphatic imine (C=N–C) groups is 1. The number of hydrogen-bond donors (Lipinski definition) is 1. The van der Waals surface area contributed by atoms with Gasteiger partial charge in [0.15, 0.2) is 0 Å². The van der Waals surface area contributed by atoms with E-state index >= 15 is 0 Å². The average molecular weight is 757 g/mol. The summed E-state index contributed by atoms with van der Waals surface area (Å²) in [6.07, 6.45) is 1.87. The minimum Gasteiger partial charge on any atom is -0.359 e. The summed E-state index contributed by atoms with van der Waals surface area (Å²) < 4.78 is 0. The number of allylic oxidation sites excluding steroid dienone is 1. The standard InChI is InChI=1S/C55H36N2S/c1-3-14-35(15-4-1)36-26-28-40(29-27-36)50-34-49(39-18-5-2-6-19-39)56-54(57-50)45-24-13-23-44-43-22-11-12-25-46(43)55(51(44)45)47-32-30-37-16-7-9-20-41(37)52(47)58-53-42-21-10-8-17-38(42)31-33-48(53)55/h1-34,54,57H. The van der Waals surface area contributed by atoms with Crippen molar-refractivity contribution in [1.82, 2.24) is 5.32 Å². The number of nitrogens with one attached hydrogen (secondary N) is 1. The number of benzene rings is 9. The van der Waals surface area contributed by atoms with E-state index in [0.717, 1.165) is 22.5 Å². The monoisotopic (exact) mass is 756 g/mol. The Labute approximate surface area is 342 Å². The molecule has 1 unspecified atom stereocenters. The van der Waals surface area contributed by atoms with Gasteiger partial charge in [-0.25, -0.2) is 0 Å². The molecule has 1 N–H and O–H groups in total.